The summed E-state index contributed by atoms with van der Waals surface area (Å²) >= 11 is 0. The molecule has 0 spiro atoms. The summed E-state index contributed by atoms with van der Waals surface area (Å²) in [5.74, 6) is 0. The minimum Gasteiger partial charge on any atom is -0.390 e. The standard InChI is InChI=1S/C15H18F3NO/c1-4-19-12(9-14(2,3)20)7-10-5-6-11(8-13(10)19)15(16,17)18/h5-8,20H,4,9H2,1-3H3. The Morgan fingerprint density at radius 3 is 2.30 bits per heavy atom. The monoisotopic (exact) mass is 285 g/mol. The summed E-state index contributed by atoms with van der Waals surface area (Å²) in [6, 6.07) is 5.60. The number of aliphatic hydroxyl groups is 1. The smallest absolute Gasteiger partial charge is 0.390 e. The average Bonchev–Trinajstić information content (AvgIpc) is 2.61. The van der Waals surface area contributed by atoms with Crippen LogP contribution in [0.1, 0.15) is 32.0 Å². The van der Waals surface area contributed by atoms with Gasteiger partial charge in [-0.15, -0.1) is 0 Å². The van der Waals surface area contributed by atoms with Gasteiger partial charge in [-0.2, -0.15) is 13.2 Å². The highest BCUT2D eigenvalue weighted by Crippen LogP contribution is 2.33. The number of aryl methyl sites for hydroxylation is 1. The van der Waals surface area contributed by atoms with Crippen LogP contribution in [0.4, 0.5) is 13.2 Å². The Labute approximate surface area is 115 Å². The van der Waals surface area contributed by atoms with E-state index in [0.717, 1.165) is 17.1 Å². The van der Waals surface area contributed by atoms with Gasteiger partial charge in [0, 0.05) is 24.2 Å². The van der Waals surface area contributed by atoms with Gasteiger partial charge in [0.1, 0.15) is 0 Å². The quantitative estimate of drug-likeness (QED) is 0.906. The zero-order chi connectivity index (χ0) is 15.1. The maximum absolute atomic E-state index is 12.8. The molecule has 20 heavy (non-hydrogen) atoms. The molecule has 0 radical (unpaired) electrons. The first kappa shape index (κ1) is 14.9. The van der Waals surface area contributed by atoms with Gasteiger partial charge in [-0.3, -0.25) is 0 Å². The topological polar surface area (TPSA) is 25.2 Å². The molecule has 110 valence electrons. The molecule has 0 unspecified atom stereocenters. The first-order chi connectivity index (χ1) is 9.12. The van der Waals surface area contributed by atoms with Crippen LogP contribution in [0.2, 0.25) is 0 Å². The molecule has 1 heterocycles. The van der Waals surface area contributed by atoms with Gasteiger partial charge < -0.3 is 9.67 Å². The molecular formula is C15H18F3NO. The molecule has 0 amide bonds. The van der Waals surface area contributed by atoms with Crippen molar-refractivity contribution >= 4 is 10.9 Å². The van der Waals surface area contributed by atoms with Crippen LogP contribution in [0.3, 0.4) is 0 Å². The van der Waals surface area contributed by atoms with Crippen LogP contribution in [0.25, 0.3) is 10.9 Å². The van der Waals surface area contributed by atoms with Crippen molar-refractivity contribution in [1.82, 2.24) is 4.57 Å². The third-order valence-electron chi connectivity index (χ3n) is 3.25. The Morgan fingerprint density at radius 1 is 1.15 bits per heavy atom. The van der Waals surface area contributed by atoms with Gasteiger partial charge >= 0.3 is 6.18 Å². The van der Waals surface area contributed by atoms with Gasteiger partial charge in [0.25, 0.3) is 0 Å². The molecule has 0 aliphatic rings. The normalized spacial score (nSPS) is 13.2. The van der Waals surface area contributed by atoms with Crippen molar-refractivity contribution in [3.63, 3.8) is 0 Å². The van der Waals surface area contributed by atoms with E-state index in [-0.39, 0.29) is 0 Å². The number of rotatable bonds is 3. The molecule has 0 bridgehead atoms. The van der Waals surface area contributed by atoms with Gasteiger partial charge in [0.15, 0.2) is 0 Å². The highest BCUT2D eigenvalue weighted by molar-refractivity contribution is 5.82. The van der Waals surface area contributed by atoms with E-state index in [2.05, 4.69) is 0 Å². The second-order valence-electron chi connectivity index (χ2n) is 5.64. The third kappa shape index (κ3) is 2.98. The van der Waals surface area contributed by atoms with Crippen LogP contribution in [0.5, 0.6) is 0 Å². The molecule has 2 nitrogen and oxygen atoms in total. The average molecular weight is 285 g/mol. The Bertz CT molecular complexity index is 620. The van der Waals surface area contributed by atoms with E-state index < -0.39 is 17.3 Å². The Kier molecular flexibility index (Phi) is 3.58. The van der Waals surface area contributed by atoms with Crippen LogP contribution in [-0.2, 0) is 19.1 Å². The lowest BCUT2D eigenvalue weighted by Gasteiger charge is -2.18. The first-order valence-electron chi connectivity index (χ1n) is 6.53. The summed E-state index contributed by atoms with van der Waals surface area (Å²) < 4.78 is 40.2. The fourth-order valence-electron chi connectivity index (χ4n) is 2.45. The van der Waals surface area contributed by atoms with Crippen molar-refractivity contribution in [1.29, 1.82) is 0 Å². The number of alkyl halides is 3. The fraction of sp³-hybridized carbons (Fsp3) is 0.467. The third-order valence-corrected chi connectivity index (χ3v) is 3.25. The minimum atomic E-state index is -4.34. The SMILES string of the molecule is CCn1c(CC(C)(C)O)cc2ccc(C(F)(F)F)cc21. The predicted molar refractivity (Wildman–Crippen MR) is 72.6 cm³/mol. The molecule has 2 aromatic rings. The highest BCUT2D eigenvalue weighted by atomic mass is 19.4. The number of aromatic nitrogens is 1. The van der Waals surface area contributed by atoms with Crippen molar-refractivity contribution in [2.75, 3.05) is 0 Å². The molecule has 0 aliphatic heterocycles. The highest BCUT2D eigenvalue weighted by Gasteiger charge is 2.31. The van der Waals surface area contributed by atoms with Gasteiger partial charge in [-0.1, -0.05) is 6.07 Å². The summed E-state index contributed by atoms with van der Waals surface area (Å²) in [7, 11) is 0. The molecule has 1 aromatic heterocycles. The lowest BCUT2D eigenvalue weighted by molar-refractivity contribution is -0.137. The molecule has 2 rings (SSSR count). The van der Waals surface area contributed by atoms with Crippen molar-refractivity contribution in [3.05, 3.63) is 35.5 Å². The van der Waals surface area contributed by atoms with E-state index in [1.807, 2.05) is 17.6 Å². The molecule has 0 saturated carbocycles. The number of fused-ring (bicyclic) bond motifs is 1. The molecule has 0 aliphatic carbocycles. The predicted octanol–water partition coefficient (Wildman–Crippen LogP) is 3.99. The second kappa shape index (κ2) is 4.81. The molecule has 0 atom stereocenters. The van der Waals surface area contributed by atoms with E-state index in [1.165, 1.54) is 12.1 Å². The Hall–Kier alpha value is -1.49. The van der Waals surface area contributed by atoms with Crippen molar-refractivity contribution in [2.45, 2.75) is 45.5 Å². The molecular weight excluding hydrogens is 267 g/mol. The van der Waals surface area contributed by atoms with Crippen molar-refractivity contribution in [3.8, 4) is 0 Å². The second-order valence-corrected chi connectivity index (χ2v) is 5.64. The maximum Gasteiger partial charge on any atom is 0.416 e. The molecule has 0 fully saturated rings. The van der Waals surface area contributed by atoms with Crippen LogP contribution in [0, 0.1) is 0 Å². The molecule has 1 aromatic carbocycles. The van der Waals surface area contributed by atoms with E-state index in [9.17, 15) is 18.3 Å². The lowest BCUT2D eigenvalue weighted by Crippen LogP contribution is -2.23. The summed E-state index contributed by atoms with van der Waals surface area (Å²) in [4.78, 5) is 0. The van der Waals surface area contributed by atoms with Crippen LogP contribution in [0.15, 0.2) is 24.3 Å². The number of hydrogen-bond acceptors (Lipinski definition) is 1. The van der Waals surface area contributed by atoms with Crippen LogP contribution in [-0.4, -0.2) is 15.3 Å². The summed E-state index contributed by atoms with van der Waals surface area (Å²) in [6.45, 7) is 5.82. The number of halogens is 3. The molecule has 5 heteroatoms. The zero-order valence-corrected chi connectivity index (χ0v) is 11.8. The Morgan fingerprint density at radius 2 is 1.80 bits per heavy atom. The molecule has 0 saturated heterocycles. The van der Waals surface area contributed by atoms with Crippen molar-refractivity contribution in [2.24, 2.45) is 0 Å². The number of nitrogens with zero attached hydrogens (tertiary/aromatic N) is 1. The number of hydrogen-bond donors (Lipinski definition) is 1. The minimum absolute atomic E-state index is 0.400. The fourth-order valence-corrected chi connectivity index (χ4v) is 2.45. The summed E-state index contributed by atoms with van der Waals surface area (Å²) in [5, 5.41) is 10.7. The summed E-state index contributed by atoms with van der Waals surface area (Å²) in [5.41, 5.74) is -0.141. The van der Waals surface area contributed by atoms with Gasteiger partial charge in [0.2, 0.25) is 0 Å². The summed E-state index contributed by atoms with van der Waals surface area (Å²) in [6.07, 6.45) is -3.94. The Balaban J connectivity index is 2.58. The van der Waals surface area contributed by atoms with E-state index in [0.29, 0.717) is 18.5 Å². The zero-order valence-electron chi connectivity index (χ0n) is 11.8. The number of benzene rings is 1. The first-order valence-corrected chi connectivity index (χ1v) is 6.53. The van der Waals surface area contributed by atoms with Gasteiger partial charge in [-0.25, -0.2) is 0 Å². The van der Waals surface area contributed by atoms with E-state index >= 15 is 0 Å². The maximum atomic E-state index is 12.8. The van der Waals surface area contributed by atoms with Crippen LogP contribution < -0.4 is 0 Å². The largest absolute Gasteiger partial charge is 0.416 e. The van der Waals surface area contributed by atoms with E-state index in [4.69, 9.17) is 0 Å². The molecule has 1 N–H and O–H groups in total. The van der Waals surface area contributed by atoms with Crippen molar-refractivity contribution < 1.29 is 18.3 Å². The van der Waals surface area contributed by atoms with E-state index in [1.54, 1.807) is 13.8 Å². The van der Waals surface area contributed by atoms with Gasteiger partial charge in [-0.05, 0) is 44.4 Å². The van der Waals surface area contributed by atoms with Crippen LogP contribution >= 0.6 is 0 Å². The lowest BCUT2D eigenvalue weighted by atomic mass is 10.0. The van der Waals surface area contributed by atoms with Gasteiger partial charge in [0.05, 0.1) is 11.2 Å².